The molecule has 6 nitrogen and oxygen atoms in total. The van der Waals surface area contributed by atoms with E-state index in [0.717, 1.165) is 6.26 Å². The maximum absolute atomic E-state index is 11.6. The molecule has 0 spiro atoms. The smallest absolute Gasteiger partial charge is 0.215 e. The van der Waals surface area contributed by atoms with Gasteiger partial charge in [-0.1, -0.05) is 0 Å². The molecule has 1 aliphatic rings. The lowest BCUT2D eigenvalue weighted by molar-refractivity contribution is 0.274. The van der Waals surface area contributed by atoms with Crippen LogP contribution in [0.4, 0.5) is 0 Å². The largest absolute Gasteiger partial charge is 0.313 e. The van der Waals surface area contributed by atoms with E-state index in [4.69, 9.17) is 0 Å². The Morgan fingerprint density at radius 1 is 1.19 bits per heavy atom. The van der Waals surface area contributed by atoms with Crippen molar-refractivity contribution in [3.05, 3.63) is 0 Å². The number of hydrogen-bond donors (Lipinski definition) is 1. The van der Waals surface area contributed by atoms with Crippen molar-refractivity contribution in [1.82, 2.24) is 9.62 Å². The Morgan fingerprint density at radius 3 is 2.00 bits per heavy atom. The topological polar surface area (TPSA) is 83.6 Å². The van der Waals surface area contributed by atoms with Crippen molar-refractivity contribution in [2.24, 2.45) is 0 Å². The summed E-state index contributed by atoms with van der Waals surface area (Å²) in [5.41, 5.74) is 0. The van der Waals surface area contributed by atoms with Gasteiger partial charge in [-0.15, -0.1) is 12.4 Å². The summed E-state index contributed by atoms with van der Waals surface area (Å²) in [5.74, 6) is -0.654. The highest BCUT2D eigenvalue weighted by molar-refractivity contribution is 7.93. The minimum Gasteiger partial charge on any atom is -0.313 e. The zero-order chi connectivity index (χ0) is 11.7. The van der Waals surface area contributed by atoms with Gasteiger partial charge in [0.15, 0.2) is 0 Å². The van der Waals surface area contributed by atoms with E-state index >= 15 is 0 Å². The third kappa shape index (κ3) is 4.54. The SMILES string of the molecule is CN(C1CNC1)S(=O)(=O)CCS(C)(=O)=O.Cl. The zero-order valence-electron chi connectivity index (χ0n) is 9.21. The number of hydrogen-bond acceptors (Lipinski definition) is 5. The number of halogens is 1. The van der Waals surface area contributed by atoms with E-state index in [2.05, 4.69) is 5.32 Å². The minimum absolute atomic E-state index is 0. The Labute approximate surface area is 103 Å². The molecule has 0 aromatic carbocycles. The lowest BCUT2D eigenvalue weighted by Gasteiger charge is -2.34. The normalized spacial score (nSPS) is 17.9. The van der Waals surface area contributed by atoms with Crippen molar-refractivity contribution in [3.8, 4) is 0 Å². The van der Waals surface area contributed by atoms with Crippen LogP contribution in [0.1, 0.15) is 0 Å². The average Bonchev–Trinajstić information content (AvgIpc) is 1.96. The lowest BCUT2D eigenvalue weighted by atomic mass is 10.2. The van der Waals surface area contributed by atoms with Crippen LogP contribution in [0.25, 0.3) is 0 Å². The molecule has 0 aromatic heterocycles. The molecule has 0 atom stereocenters. The van der Waals surface area contributed by atoms with E-state index < -0.39 is 19.9 Å². The Bertz CT molecular complexity index is 416. The maximum Gasteiger partial charge on any atom is 0.215 e. The molecule has 1 saturated heterocycles. The first-order valence-electron chi connectivity index (χ1n) is 4.56. The van der Waals surface area contributed by atoms with E-state index in [1.54, 1.807) is 0 Å². The van der Waals surface area contributed by atoms with Gasteiger partial charge in [-0.25, -0.2) is 16.8 Å². The van der Waals surface area contributed by atoms with Gasteiger partial charge in [-0.2, -0.15) is 4.31 Å². The fraction of sp³-hybridized carbons (Fsp3) is 1.00. The first kappa shape index (κ1) is 16.1. The molecule has 1 heterocycles. The van der Waals surface area contributed by atoms with Crippen molar-refractivity contribution in [3.63, 3.8) is 0 Å². The number of rotatable bonds is 5. The summed E-state index contributed by atoms with van der Waals surface area (Å²) in [4.78, 5) is 0. The molecule has 0 aliphatic carbocycles. The number of likely N-dealkylation sites (N-methyl/N-ethyl adjacent to an activating group) is 1. The van der Waals surface area contributed by atoms with Gasteiger partial charge in [-0.3, -0.25) is 0 Å². The third-order valence-electron chi connectivity index (χ3n) is 2.42. The standard InChI is InChI=1S/C7H16N2O4S2.ClH/c1-9(7-5-8-6-7)15(12,13)4-3-14(2,10)11;/h7-8H,3-6H2,1-2H3;1H. The van der Waals surface area contributed by atoms with E-state index in [-0.39, 0.29) is 30.0 Å². The summed E-state index contributed by atoms with van der Waals surface area (Å²) >= 11 is 0. The molecular weight excluding hydrogens is 276 g/mol. The molecule has 9 heteroatoms. The predicted octanol–water partition coefficient (Wildman–Crippen LogP) is -1.31. The van der Waals surface area contributed by atoms with Crippen molar-refractivity contribution < 1.29 is 16.8 Å². The van der Waals surface area contributed by atoms with Crippen LogP contribution in [0.3, 0.4) is 0 Å². The van der Waals surface area contributed by atoms with Gasteiger partial charge >= 0.3 is 0 Å². The monoisotopic (exact) mass is 292 g/mol. The van der Waals surface area contributed by atoms with Gasteiger partial charge in [0.25, 0.3) is 0 Å². The second kappa shape index (κ2) is 5.63. The molecule has 98 valence electrons. The predicted molar refractivity (Wildman–Crippen MR) is 65.2 cm³/mol. The molecule has 1 N–H and O–H groups in total. The van der Waals surface area contributed by atoms with Gasteiger partial charge in [0.05, 0.1) is 11.5 Å². The van der Waals surface area contributed by atoms with Gasteiger partial charge < -0.3 is 5.32 Å². The Kier molecular flexibility index (Phi) is 5.67. The van der Waals surface area contributed by atoms with Crippen molar-refractivity contribution in [2.45, 2.75) is 6.04 Å². The quantitative estimate of drug-likeness (QED) is 0.680. The number of sulfonamides is 1. The van der Waals surface area contributed by atoms with E-state index in [1.807, 2.05) is 0 Å². The fourth-order valence-electron chi connectivity index (χ4n) is 1.16. The molecule has 0 amide bonds. The van der Waals surface area contributed by atoms with E-state index in [0.29, 0.717) is 13.1 Å². The zero-order valence-corrected chi connectivity index (χ0v) is 11.7. The lowest BCUT2D eigenvalue weighted by Crippen LogP contribution is -2.57. The van der Waals surface area contributed by atoms with Crippen LogP contribution >= 0.6 is 12.4 Å². The summed E-state index contributed by atoms with van der Waals surface area (Å²) < 4.78 is 46.3. The number of sulfone groups is 1. The third-order valence-corrected chi connectivity index (χ3v) is 5.52. The molecule has 1 rings (SSSR count). The van der Waals surface area contributed by atoms with Gasteiger partial charge in [0.1, 0.15) is 9.84 Å². The Morgan fingerprint density at radius 2 is 1.69 bits per heavy atom. The van der Waals surface area contributed by atoms with Crippen LogP contribution < -0.4 is 5.32 Å². The van der Waals surface area contributed by atoms with E-state index in [9.17, 15) is 16.8 Å². The van der Waals surface area contributed by atoms with Crippen LogP contribution in [0.15, 0.2) is 0 Å². The molecule has 0 radical (unpaired) electrons. The van der Waals surface area contributed by atoms with Crippen molar-refractivity contribution in [2.75, 3.05) is 37.9 Å². The molecule has 1 fully saturated rings. The Hall–Kier alpha value is 0.110. The molecule has 0 aromatic rings. The summed E-state index contributed by atoms with van der Waals surface area (Å²) in [7, 11) is -5.18. The minimum atomic E-state index is -3.44. The van der Waals surface area contributed by atoms with Crippen LogP contribution in [0.2, 0.25) is 0 Å². The molecule has 0 bridgehead atoms. The number of nitrogens with zero attached hydrogens (tertiary/aromatic N) is 1. The van der Waals surface area contributed by atoms with Crippen molar-refractivity contribution >= 4 is 32.3 Å². The van der Waals surface area contributed by atoms with Crippen LogP contribution in [-0.4, -0.2) is 65.1 Å². The van der Waals surface area contributed by atoms with Crippen molar-refractivity contribution in [1.29, 1.82) is 0 Å². The summed E-state index contributed by atoms with van der Waals surface area (Å²) in [6.45, 7) is 1.27. The van der Waals surface area contributed by atoms with Crippen LogP contribution in [0, 0.1) is 0 Å². The molecule has 1 aliphatic heterocycles. The average molecular weight is 293 g/mol. The summed E-state index contributed by atoms with van der Waals surface area (Å²) in [6, 6.07) is -0.0328. The Balaban J connectivity index is 0.00000225. The van der Waals surface area contributed by atoms with Crippen LogP contribution in [-0.2, 0) is 19.9 Å². The number of nitrogens with one attached hydrogen (secondary N) is 1. The highest BCUT2D eigenvalue weighted by atomic mass is 35.5. The van der Waals surface area contributed by atoms with Gasteiger partial charge in [0, 0.05) is 32.4 Å². The van der Waals surface area contributed by atoms with Gasteiger partial charge in [0.2, 0.25) is 10.0 Å². The second-order valence-corrected chi connectivity index (χ2v) is 8.18. The first-order chi connectivity index (χ1) is 6.72. The highest BCUT2D eigenvalue weighted by Crippen LogP contribution is 2.09. The highest BCUT2D eigenvalue weighted by Gasteiger charge is 2.30. The molecule has 0 saturated carbocycles. The van der Waals surface area contributed by atoms with Gasteiger partial charge in [-0.05, 0) is 0 Å². The summed E-state index contributed by atoms with van der Waals surface area (Å²) in [6.07, 6.45) is 1.04. The summed E-state index contributed by atoms with van der Waals surface area (Å²) in [5, 5.41) is 2.96. The molecule has 16 heavy (non-hydrogen) atoms. The second-order valence-electron chi connectivity index (χ2n) is 3.77. The molecule has 0 unspecified atom stereocenters. The van der Waals surface area contributed by atoms with E-state index in [1.165, 1.54) is 11.4 Å². The fourth-order valence-corrected chi connectivity index (χ4v) is 4.10. The first-order valence-corrected chi connectivity index (χ1v) is 8.23. The molecular formula is C7H17ClN2O4S2. The van der Waals surface area contributed by atoms with Crippen LogP contribution in [0.5, 0.6) is 0 Å². The maximum atomic E-state index is 11.6.